The number of aromatic nitrogens is 7. The van der Waals surface area contributed by atoms with Gasteiger partial charge in [0.2, 0.25) is 17.7 Å². The van der Waals surface area contributed by atoms with Gasteiger partial charge in [-0.3, -0.25) is 0 Å². The Labute approximate surface area is 165 Å². The van der Waals surface area contributed by atoms with E-state index in [4.69, 9.17) is 8.83 Å². The van der Waals surface area contributed by atoms with Crippen LogP contribution in [0.4, 0.5) is 0 Å². The summed E-state index contributed by atoms with van der Waals surface area (Å²) in [5.41, 5.74) is 0.976. The second-order valence-corrected chi connectivity index (χ2v) is 7.23. The van der Waals surface area contributed by atoms with Crippen molar-refractivity contribution >= 4 is 0 Å². The van der Waals surface area contributed by atoms with Gasteiger partial charge in [-0.2, -0.15) is 4.68 Å². The average Bonchev–Trinajstić information content (AvgIpc) is 3.30. The maximum atomic E-state index is 10.7. The molecule has 0 unspecified atom stereocenters. The fourth-order valence-electron chi connectivity index (χ4n) is 1.76. The molecule has 0 bridgehead atoms. The van der Waals surface area contributed by atoms with Crippen molar-refractivity contribution in [3.05, 3.63) is 40.1 Å². The number of rotatable bonds is 3. The molecule has 3 heterocycles. The molecule has 0 aliphatic heterocycles. The Hall–Kier alpha value is -2.78. The summed E-state index contributed by atoms with van der Waals surface area (Å²) < 4.78 is 12.9. The minimum absolute atomic E-state index is 0.175. The van der Waals surface area contributed by atoms with Gasteiger partial charge < -0.3 is 8.83 Å². The molecule has 3 aromatic heterocycles. The Morgan fingerprint density at radius 2 is 1.50 bits per heavy atom. The molecule has 10 nitrogen and oxygen atoms in total. The van der Waals surface area contributed by atoms with Gasteiger partial charge in [-0.1, -0.05) is 32.9 Å². The lowest BCUT2D eigenvalue weighted by atomic mass is 10.2. The molecular formula is C18H31N7O3. The minimum atomic E-state index is -0.399. The van der Waals surface area contributed by atoms with Crippen LogP contribution in [-0.4, -0.2) is 35.0 Å². The van der Waals surface area contributed by atoms with E-state index in [0.29, 0.717) is 29.6 Å². The van der Waals surface area contributed by atoms with Gasteiger partial charge in [0, 0.05) is 38.0 Å². The molecule has 156 valence electrons. The predicted molar refractivity (Wildman–Crippen MR) is 104 cm³/mol. The van der Waals surface area contributed by atoms with Crippen LogP contribution in [0.25, 0.3) is 0 Å². The smallest absolute Gasteiger partial charge is 0.425 e. The third-order valence-electron chi connectivity index (χ3n) is 3.39. The summed E-state index contributed by atoms with van der Waals surface area (Å²) in [7, 11) is 1.57. The molecular weight excluding hydrogens is 362 g/mol. The fraction of sp³-hybridized carbons (Fsp3) is 0.667. The lowest BCUT2D eigenvalue weighted by molar-refractivity contribution is 0.437. The molecule has 3 aromatic rings. The van der Waals surface area contributed by atoms with Gasteiger partial charge in [0.1, 0.15) is 0 Å². The first kappa shape index (κ1) is 23.3. The number of aryl methyl sites for hydroxylation is 3. The quantitative estimate of drug-likeness (QED) is 0.666. The van der Waals surface area contributed by atoms with Gasteiger partial charge in [0.25, 0.3) is 0 Å². The normalized spacial score (nSPS) is 10.7. The third-order valence-corrected chi connectivity index (χ3v) is 3.39. The van der Waals surface area contributed by atoms with Crippen molar-refractivity contribution < 1.29 is 8.83 Å². The van der Waals surface area contributed by atoms with Gasteiger partial charge in [-0.05, 0) is 20.8 Å². The molecule has 28 heavy (non-hydrogen) atoms. The lowest BCUT2D eigenvalue weighted by Crippen LogP contribution is -2.09. The van der Waals surface area contributed by atoms with E-state index in [1.54, 1.807) is 14.0 Å². The maximum Gasteiger partial charge on any atom is 0.436 e. The molecule has 0 N–H and O–H groups in total. The highest BCUT2D eigenvalue weighted by atomic mass is 16.4. The lowest BCUT2D eigenvalue weighted by Gasteiger charge is -2.00. The highest BCUT2D eigenvalue weighted by Gasteiger charge is 2.07. The van der Waals surface area contributed by atoms with E-state index < -0.39 is 5.76 Å². The largest absolute Gasteiger partial charge is 0.436 e. The molecule has 0 atom stereocenters. The number of nitrogens with zero attached hydrogens (tertiary/aromatic N) is 7. The first-order chi connectivity index (χ1) is 13.0. The van der Waals surface area contributed by atoms with E-state index in [1.165, 1.54) is 4.68 Å². The standard InChI is InChI=1S/C6H11N3.C6H10N2O2.C6H10N2O/c1-5(2)9-4-6(3)7-8-9;1-4(2)5-7-8(3)6(9)10-5;1-4(2)6-8-7-5(3)9-6/h4-5H,1-3H3;4H,1-3H3;4H,1-3H3. The zero-order valence-corrected chi connectivity index (χ0v) is 18.2. The van der Waals surface area contributed by atoms with Crippen molar-refractivity contribution in [3.63, 3.8) is 0 Å². The zero-order chi connectivity index (χ0) is 21.4. The summed E-state index contributed by atoms with van der Waals surface area (Å²) in [5.74, 6) is 1.96. The van der Waals surface area contributed by atoms with Gasteiger partial charge in [-0.25, -0.2) is 9.48 Å². The van der Waals surface area contributed by atoms with Gasteiger partial charge in [-0.15, -0.1) is 20.4 Å². The summed E-state index contributed by atoms with van der Waals surface area (Å²) in [6, 6.07) is 0.422. The topological polar surface area (TPSA) is 118 Å². The highest BCUT2D eigenvalue weighted by Crippen LogP contribution is 2.10. The van der Waals surface area contributed by atoms with Crippen LogP contribution in [0, 0.1) is 13.8 Å². The Bertz CT molecular complexity index is 843. The minimum Gasteiger partial charge on any atom is -0.425 e. The van der Waals surface area contributed by atoms with E-state index in [9.17, 15) is 4.79 Å². The van der Waals surface area contributed by atoms with Gasteiger partial charge >= 0.3 is 5.76 Å². The van der Waals surface area contributed by atoms with Crippen molar-refractivity contribution in [1.29, 1.82) is 0 Å². The molecule has 0 aliphatic carbocycles. The van der Waals surface area contributed by atoms with Gasteiger partial charge in [0.05, 0.1) is 5.69 Å². The van der Waals surface area contributed by atoms with Crippen LogP contribution in [0.2, 0.25) is 0 Å². The Morgan fingerprint density at radius 3 is 1.71 bits per heavy atom. The summed E-state index contributed by atoms with van der Waals surface area (Å²) in [6.07, 6.45) is 1.94. The van der Waals surface area contributed by atoms with E-state index in [2.05, 4.69) is 39.5 Å². The second kappa shape index (κ2) is 10.5. The van der Waals surface area contributed by atoms with Crippen molar-refractivity contribution in [3.8, 4) is 0 Å². The molecule has 0 spiro atoms. The summed E-state index contributed by atoms with van der Waals surface area (Å²) in [4.78, 5) is 10.7. The Balaban J connectivity index is 0.000000210. The van der Waals surface area contributed by atoms with Crippen LogP contribution < -0.4 is 5.76 Å². The van der Waals surface area contributed by atoms with Crippen molar-refractivity contribution in [2.75, 3.05) is 0 Å². The molecule has 0 saturated heterocycles. The van der Waals surface area contributed by atoms with Crippen molar-refractivity contribution in [2.24, 2.45) is 7.05 Å². The van der Waals surface area contributed by atoms with Crippen LogP contribution in [0.15, 0.2) is 19.8 Å². The van der Waals surface area contributed by atoms with Crippen LogP contribution in [-0.2, 0) is 7.05 Å². The molecule has 0 amide bonds. The molecule has 0 fully saturated rings. The molecule has 0 aromatic carbocycles. The number of hydrogen-bond donors (Lipinski definition) is 0. The highest BCUT2D eigenvalue weighted by molar-refractivity contribution is 4.87. The monoisotopic (exact) mass is 393 g/mol. The van der Waals surface area contributed by atoms with E-state index in [1.807, 2.05) is 45.5 Å². The van der Waals surface area contributed by atoms with Crippen molar-refractivity contribution in [2.45, 2.75) is 73.3 Å². The molecule has 0 aliphatic rings. The predicted octanol–water partition coefficient (Wildman–Crippen LogP) is 3.17. The summed E-state index contributed by atoms with van der Waals surface area (Å²) in [5, 5.41) is 19.1. The Morgan fingerprint density at radius 1 is 0.893 bits per heavy atom. The van der Waals surface area contributed by atoms with Crippen LogP contribution in [0.5, 0.6) is 0 Å². The molecule has 0 radical (unpaired) electrons. The average molecular weight is 393 g/mol. The maximum absolute atomic E-state index is 10.7. The van der Waals surface area contributed by atoms with Crippen molar-refractivity contribution in [1.82, 2.24) is 35.0 Å². The third kappa shape index (κ3) is 7.45. The molecule has 0 saturated carbocycles. The Kier molecular flexibility index (Phi) is 8.75. The van der Waals surface area contributed by atoms with Crippen LogP contribution in [0.3, 0.4) is 0 Å². The fourth-order valence-corrected chi connectivity index (χ4v) is 1.76. The van der Waals surface area contributed by atoms with E-state index >= 15 is 0 Å². The first-order valence-electron chi connectivity index (χ1n) is 9.23. The summed E-state index contributed by atoms with van der Waals surface area (Å²) >= 11 is 0. The molecule has 3 rings (SSSR count). The first-order valence-corrected chi connectivity index (χ1v) is 9.23. The van der Waals surface area contributed by atoms with E-state index in [-0.39, 0.29) is 5.92 Å². The SMILES string of the molecule is CC(C)c1nn(C)c(=O)o1.Cc1cn(C(C)C)nn1.Cc1nnc(C(C)C)o1. The van der Waals surface area contributed by atoms with E-state index in [0.717, 1.165) is 5.69 Å². The van der Waals surface area contributed by atoms with Gasteiger partial charge in [0.15, 0.2) is 0 Å². The number of hydrogen-bond acceptors (Lipinski definition) is 8. The summed E-state index contributed by atoms with van der Waals surface area (Å²) in [6.45, 7) is 15.8. The van der Waals surface area contributed by atoms with Crippen LogP contribution in [0.1, 0.15) is 82.8 Å². The van der Waals surface area contributed by atoms with Crippen LogP contribution >= 0.6 is 0 Å². The molecule has 10 heteroatoms. The zero-order valence-electron chi connectivity index (χ0n) is 18.2. The second-order valence-electron chi connectivity index (χ2n) is 7.23.